The quantitative estimate of drug-likeness (QED) is 0.206. The number of nitrogens with zero attached hydrogens (tertiary/aromatic N) is 2. The van der Waals surface area contributed by atoms with Gasteiger partial charge in [-0.3, -0.25) is 14.6 Å². The third-order valence-electron chi connectivity index (χ3n) is 8.16. The van der Waals surface area contributed by atoms with E-state index in [1.807, 2.05) is 43.3 Å². The highest BCUT2D eigenvalue weighted by Crippen LogP contribution is 2.44. The van der Waals surface area contributed by atoms with Crippen LogP contribution < -0.4 is 14.4 Å². The van der Waals surface area contributed by atoms with Gasteiger partial charge in [0.1, 0.15) is 10.1 Å². The van der Waals surface area contributed by atoms with Crippen LogP contribution in [0.5, 0.6) is 11.5 Å². The molecule has 0 spiro atoms. The predicted molar refractivity (Wildman–Crippen MR) is 181 cm³/mol. The van der Waals surface area contributed by atoms with Gasteiger partial charge in [-0.05, 0) is 91.0 Å². The number of rotatable bonds is 6. The highest BCUT2D eigenvalue weighted by molar-refractivity contribution is 8.26. The van der Waals surface area contributed by atoms with Gasteiger partial charge in [0.05, 0.1) is 10.6 Å². The zero-order valence-electron chi connectivity index (χ0n) is 25.3. The van der Waals surface area contributed by atoms with E-state index in [-0.39, 0.29) is 11.3 Å². The van der Waals surface area contributed by atoms with Gasteiger partial charge in [0.15, 0.2) is 12.5 Å². The molecule has 0 N–H and O–H groups in total. The summed E-state index contributed by atoms with van der Waals surface area (Å²) in [6.45, 7) is 11.6. The Kier molecular flexibility index (Phi) is 7.96. The second kappa shape index (κ2) is 11.7. The highest BCUT2D eigenvalue weighted by Gasteiger charge is 2.36. The fourth-order valence-electron chi connectivity index (χ4n) is 5.90. The lowest BCUT2D eigenvalue weighted by atomic mass is 9.75. The number of hydrogen-bond acceptors (Lipinski definition) is 6. The number of ether oxygens (including phenoxy) is 2. The summed E-state index contributed by atoms with van der Waals surface area (Å²) >= 11 is 6.90. The summed E-state index contributed by atoms with van der Waals surface area (Å²) in [7, 11) is 0. The first-order valence-corrected chi connectivity index (χ1v) is 15.9. The van der Waals surface area contributed by atoms with Crippen molar-refractivity contribution in [2.24, 2.45) is 5.41 Å². The fourth-order valence-corrected chi connectivity index (χ4v) is 7.32. The van der Waals surface area contributed by atoms with E-state index in [0.29, 0.717) is 23.5 Å². The Morgan fingerprint density at radius 3 is 2.60 bits per heavy atom. The molecule has 7 heteroatoms. The van der Waals surface area contributed by atoms with Crippen LogP contribution in [-0.4, -0.2) is 28.4 Å². The van der Waals surface area contributed by atoms with E-state index in [9.17, 15) is 4.79 Å². The number of allylic oxidation sites excluding steroid dienone is 6. The number of aryl methyl sites for hydroxylation is 2. The molecule has 1 saturated heterocycles. The lowest BCUT2D eigenvalue weighted by molar-refractivity contribution is -0.122. The van der Waals surface area contributed by atoms with Crippen LogP contribution in [0.2, 0.25) is 0 Å². The molecule has 1 amide bonds. The average molecular weight is 609 g/mol. The lowest BCUT2D eigenvalue weighted by Gasteiger charge is -2.31. The number of likely N-dealkylation sites (N-methyl/N-ethyl adjacent to an activating group) is 1. The Hall–Kier alpha value is -3.81. The molecule has 6 rings (SSSR count). The van der Waals surface area contributed by atoms with Crippen molar-refractivity contribution in [3.8, 4) is 11.5 Å². The number of carbonyl (C=O) groups is 1. The van der Waals surface area contributed by atoms with E-state index in [4.69, 9.17) is 21.7 Å². The van der Waals surface area contributed by atoms with Crippen LogP contribution >= 0.6 is 24.0 Å². The number of thiocarbonyl (C=S) groups is 1. The van der Waals surface area contributed by atoms with Crippen LogP contribution in [0.4, 0.5) is 5.69 Å². The summed E-state index contributed by atoms with van der Waals surface area (Å²) in [5.41, 5.74) is 5.63. The van der Waals surface area contributed by atoms with Gasteiger partial charge in [0.25, 0.3) is 5.91 Å². The number of hydrogen-bond donors (Lipinski definition) is 0. The van der Waals surface area contributed by atoms with Crippen LogP contribution in [0.15, 0.2) is 101 Å². The molecule has 3 aliphatic rings. The van der Waals surface area contributed by atoms with E-state index in [1.54, 1.807) is 4.90 Å². The molecule has 0 radical (unpaired) electrons. The number of benzene rings is 3. The van der Waals surface area contributed by atoms with E-state index < -0.39 is 0 Å². The van der Waals surface area contributed by atoms with Gasteiger partial charge in [0, 0.05) is 11.9 Å². The zero-order chi connectivity index (χ0) is 30.3. The maximum Gasteiger partial charge on any atom is 0.266 e. The maximum absolute atomic E-state index is 13.0. The Labute approximate surface area is 263 Å². The first kappa shape index (κ1) is 29.3. The van der Waals surface area contributed by atoms with E-state index in [1.165, 1.54) is 28.5 Å². The van der Waals surface area contributed by atoms with Gasteiger partial charge >= 0.3 is 0 Å². The fraction of sp³-hybridized carbons (Fsp3) is 0.278. The molecule has 43 heavy (non-hydrogen) atoms. The second-order valence-corrected chi connectivity index (χ2v) is 13.7. The minimum atomic E-state index is 0.0245. The van der Waals surface area contributed by atoms with Crippen molar-refractivity contribution in [1.82, 2.24) is 4.90 Å². The average Bonchev–Trinajstić information content (AvgIpc) is 3.45. The van der Waals surface area contributed by atoms with Gasteiger partial charge in [-0.15, -0.1) is 0 Å². The van der Waals surface area contributed by atoms with Crippen molar-refractivity contribution in [3.05, 3.63) is 112 Å². The third kappa shape index (κ3) is 5.89. The number of fused-ring (bicyclic) bond motifs is 2. The molecule has 0 atom stereocenters. The Morgan fingerprint density at radius 1 is 1.05 bits per heavy atom. The first-order chi connectivity index (χ1) is 20.6. The molecule has 2 heterocycles. The normalized spacial score (nSPS) is 20.8. The Balaban J connectivity index is 1.29. The highest BCUT2D eigenvalue weighted by atomic mass is 32.2. The van der Waals surface area contributed by atoms with Crippen LogP contribution in [-0.2, 0) is 4.79 Å². The van der Waals surface area contributed by atoms with Crippen molar-refractivity contribution < 1.29 is 14.3 Å². The smallest absolute Gasteiger partial charge is 0.266 e. The van der Waals surface area contributed by atoms with Gasteiger partial charge in [-0.1, -0.05) is 92.5 Å². The maximum atomic E-state index is 13.0. The van der Waals surface area contributed by atoms with E-state index >= 15 is 0 Å². The number of amides is 1. The van der Waals surface area contributed by atoms with Crippen molar-refractivity contribution >= 4 is 50.7 Å². The monoisotopic (exact) mass is 608 g/mol. The molecule has 3 aromatic rings. The lowest BCUT2D eigenvalue weighted by Crippen LogP contribution is -2.28. The van der Waals surface area contributed by atoms with Crippen molar-refractivity contribution in [3.63, 3.8) is 0 Å². The molecule has 1 aliphatic carbocycles. The van der Waals surface area contributed by atoms with Crippen LogP contribution in [0.25, 0.3) is 10.8 Å². The number of anilines is 1. The molecule has 0 unspecified atom stereocenters. The summed E-state index contributed by atoms with van der Waals surface area (Å²) in [4.78, 5) is 17.6. The molecule has 220 valence electrons. The second-order valence-electron chi connectivity index (χ2n) is 12.1. The van der Waals surface area contributed by atoms with E-state index in [0.717, 1.165) is 51.3 Å². The molecule has 3 aromatic carbocycles. The predicted octanol–water partition coefficient (Wildman–Crippen LogP) is 8.97. The van der Waals surface area contributed by atoms with Crippen molar-refractivity contribution in [2.45, 2.75) is 47.5 Å². The van der Waals surface area contributed by atoms with Crippen LogP contribution in [0.3, 0.4) is 0 Å². The number of thioether (sulfide) groups is 1. The van der Waals surface area contributed by atoms with Gasteiger partial charge in [0.2, 0.25) is 5.88 Å². The summed E-state index contributed by atoms with van der Waals surface area (Å²) < 4.78 is 13.4. The molecular weight excluding hydrogens is 573 g/mol. The summed E-state index contributed by atoms with van der Waals surface area (Å²) in [5, 5.41) is 2.22. The standard InChI is InChI=1S/C36H36N2O3S2/c1-6-37-34(39)33(43-35(37)42)27-19-25(20-36(4,5)21-27)11-9-16-32-38(29-17-23(2)24(3)18-31(29)41-32)22-40-30-15-10-13-26-12-7-8-14-28(26)30/h7-19H,6,20-22H2,1-5H3/b11-9+,32-16-,33-27-. The molecule has 1 fully saturated rings. The SMILES string of the molecule is CCN1C(=O)/C(=C2C=C(/C=C/C=C3\Oc4cc(C)c(C)cc4N3COc3cccc4ccccc34)CC(C)(C)C\2)SC1=S. The number of carbonyl (C=O) groups excluding carboxylic acids is 1. The molecule has 2 aliphatic heterocycles. The van der Waals surface area contributed by atoms with Crippen LogP contribution in [0.1, 0.15) is 44.7 Å². The van der Waals surface area contributed by atoms with Gasteiger partial charge in [-0.2, -0.15) is 0 Å². The first-order valence-electron chi connectivity index (χ1n) is 14.7. The van der Waals surface area contributed by atoms with Crippen molar-refractivity contribution in [2.75, 3.05) is 18.2 Å². The van der Waals surface area contributed by atoms with Gasteiger partial charge < -0.3 is 9.47 Å². The largest absolute Gasteiger partial charge is 0.472 e. The Morgan fingerprint density at radius 2 is 1.81 bits per heavy atom. The molecule has 0 aromatic heterocycles. The topological polar surface area (TPSA) is 42.0 Å². The molecule has 0 bridgehead atoms. The molecule has 5 nitrogen and oxygen atoms in total. The summed E-state index contributed by atoms with van der Waals surface area (Å²) in [6, 6.07) is 18.6. The van der Waals surface area contributed by atoms with Crippen LogP contribution in [0, 0.1) is 19.3 Å². The molecular formula is C36H36N2O3S2. The Bertz CT molecular complexity index is 1760. The minimum absolute atomic E-state index is 0.0245. The zero-order valence-corrected chi connectivity index (χ0v) is 26.9. The molecule has 0 saturated carbocycles. The van der Waals surface area contributed by atoms with Crippen molar-refractivity contribution in [1.29, 1.82) is 0 Å². The third-order valence-corrected chi connectivity index (χ3v) is 9.67. The van der Waals surface area contributed by atoms with Gasteiger partial charge in [-0.25, -0.2) is 0 Å². The summed E-state index contributed by atoms with van der Waals surface area (Å²) in [5.74, 6) is 2.39. The summed E-state index contributed by atoms with van der Waals surface area (Å²) in [6.07, 6.45) is 10.1. The minimum Gasteiger partial charge on any atom is -0.472 e. The van der Waals surface area contributed by atoms with E-state index in [2.05, 4.69) is 75.1 Å².